The fraction of sp³-hybridized carbons (Fsp3) is 0.120. The van der Waals surface area contributed by atoms with Crippen molar-refractivity contribution in [2.24, 2.45) is 0 Å². The predicted molar refractivity (Wildman–Crippen MR) is 123 cm³/mol. The van der Waals surface area contributed by atoms with Crippen LogP contribution in [0, 0.1) is 17.1 Å². The largest absolute Gasteiger partial charge is 0.490 e. The average molecular weight is 496 g/mol. The van der Waals surface area contributed by atoms with Crippen molar-refractivity contribution in [2.45, 2.75) is 13.5 Å². The minimum absolute atomic E-state index is 0.144. The summed E-state index contributed by atoms with van der Waals surface area (Å²) < 4.78 is 25.7. The first-order valence-electron chi connectivity index (χ1n) is 9.70. The number of halogens is 2. The predicted octanol–water partition coefficient (Wildman–Crippen LogP) is 6.33. The number of hydrogen-bond donors (Lipinski definition) is 1. The molecule has 0 saturated carbocycles. The zero-order chi connectivity index (χ0) is 23.1. The molecule has 5 nitrogen and oxygen atoms in total. The molecule has 1 N–H and O–H groups in total. The standard InChI is InChI=1S/C25H19BrFNO4/c1-2-31-23-12-19(11-20(14-28)17-6-8-18(9-7-17)25(29)30)22(26)13-24(23)32-15-16-4-3-5-21(27)10-16/h3-13H,2,15H2,1H3,(H,29,30). The summed E-state index contributed by atoms with van der Waals surface area (Å²) in [6.45, 7) is 2.42. The normalized spacial score (nSPS) is 11.0. The minimum Gasteiger partial charge on any atom is -0.490 e. The van der Waals surface area contributed by atoms with Gasteiger partial charge >= 0.3 is 5.97 Å². The van der Waals surface area contributed by atoms with E-state index >= 15 is 0 Å². The number of ether oxygens (including phenoxy) is 2. The summed E-state index contributed by atoms with van der Waals surface area (Å²) in [5, 5.41) is 18.7. The molecule has 0 aromatic heterocycles. The molecule has 0 spiro atoms. The van der Waals surface area contributed by atoms with Gasteiger partial charge in [0.15, 0.2) is 11.5 Å². The van der Waals surface area contributed by atoms with Crippen LogP contribution >= 0.6 is 15.9 Å². The van der Waals surface area contributed by atoms with Gasteiger partial charge in [0, 0.05) is 4.47 Å². The zero-order valence-electron chi connectivity index (χ0n) is 17.1. The van der Waals surface area contributed by atoms with Gasteiger partial charge in [0.2, 0.25) is 0 Å². The molecule has 0 amide bonds. The van der Waals surface area contributed by atoms with E-state index in [2.05, 4.69) is 22.0 Å². The maximum absolute atomic E-state index is 13.4. The lowest BCUT2D eigenvalue weighted by molar-refractivity contribution is 0.0697. The molecule has 0 fully saturated rings. The fourth-order valence-electron chi connectivity index (χ4n) is 2.96. The second kappa shape index (κ2) is 10.6. The number of allylic oxidation sites excluding steroid dienone is 1. The molecule has 7 heteroatoms. The third kappa shape index (κ3) is 5.74. The first-order chi connectivity index (χ1) is 15.4. The Bertz CT molecular complexity index is 1200. The Morgan fingerprint density at radius 1 is 1.09 bits per heavy atom. The first kappa shape index (κ1) is 23.0. The molecule has 0 radical (unpaired) electrons. The summed E-state index contributed by atoms with van der Waals surface area (Å²) >= 11 is 3.50. The van der Waals surface area contributed by atoms with Gasteiger partial charge in [-0.15, -0.1) is 0 Å². The quantitative estimate of drug-likeness (QED) is 0.291. The summed E-state index contributed by atoms with van der Waals surface area (Å²) in [5.41, 5.74) is 2.47. The maximum Gasteiger partial charge on any atom is 0.335 e. The summed E-state index contributed by atoms with van der Waals surface area (Å²) in [6.07, 6.45) is 1.68. The summed E-state index contributed by atoms with van der Waals surface area (Å²) in [6, 6.07) is 17.9. The van der Waals surface area contributed by atoms with E-state index in [0.717, 1.165) is 0 Å². The topological polar surface area (TPSA) is 79.5 Å². The first-order valence-corrected chi connectivity index (χ1v) is 10.5. The van der Waals surface area contributed by atoms with Crippen molar-refractivity contribution in [3.8, 4) is 17.6 Å². The zero-order valence-corrected chi connectivity index (χ0v) is 18.7. The van der Waals surface area contributed by atoms with E-state index in [1.54, 1.807) is 42.5 Å². The van der Waals surface area contributed by atoms with Crippen LogP contribution in [-0.4, -0.2) is 17.7 Å². The number of carbonyl (C=O) groups is 1. The van der Waals surface area contributed by atoms with Crippen LogP contribution < -0.4 is 9.47 Å². The highest BCUT2D eigenvalue weighted by Crippen LogP contribution is 2.36. The third-order valence-electron chi connectivity index (χ3n) is 4.51. The molecular weight excluding hydrogens is 477 g/mol. The molecule has 0 aliphatic carbocycles. The van der Waals surface area contributed by atoms with Gasteiger partial charge in [-0.05, 0) is 66.1 Å². The second-order valence-corrected chi connectivity index (χ2v) is 7.58. The van der Waals surface area contributed by atoms with E-state index < -0.39 is 5.97 Å². The van der Waals surface area contributed by atoms with Gasteiger partial charge in [-0.25, -0.2) is 9.18 Å². The number of nitrogens with zero attached hydrogens (tertiary/aromatic N) is 1. The van der Waals surface area contributed by atoms with Crippen molar-refractivity contribution in [1.29, 1.82) is 5.26 Å². The van der Waals surface area contributed by atoms with E-state index in [-0.39, 0.29) is 18.0 Å². The van der Waals surface area contributed by atoms with Crippen molar-refractivity contribution < 1.29 is 23.8 Å². The van der Waals surface area contributed by atoms with Gasteiger partial charge in [-0.1, -0.05) is 40.2 Å². The number of aromatic carboxylic acids is 1. The van der Waals surface area contributed by atoms with Crippen LogP contribution in [0.2, 0.25) is 0 Å². The Morgan fingerprint density at radius 3 is 2.41 bits per heavy atom. The maximum atomic E-state index is 13.4. The SMILES string of the molecule is CCOc1cc(C=C(C#N)c2ccc(C(=O)O)cc2)c(Br)cc1OCc1cccc(F)c1. The number of carboxylic acids is 1. The Hall–Kier alpha value is -3.63. The lowest BCUT2D eigenvalue weighted by atomic mass is 10.0. The molecule has 0 saturated heterocycles. The molecule has 3 rings (SSSR count). The molecule has 0 aliphatic rings. The van der Waals surface area contributed by atoms with E-state index in [9.17, 15) is 14.4 Å². The van der Waals surface area contributed by atoms with Crippen molar-refractivity contribution in [2.75, 3.05) is 6.61 Å². The monoisotopic (exact) mass is 495 g/mol. The van der Waals surface area contributed by atoms with Crippen LogP contribution in [0.3, 0.4) is 0 Å². The molecule has 3 aromatic carbocycles. The van der Waals surface area contributed by atoms with Gasteiger partial charge < -0.3 is 14.6 Å². The van der Waals surface area contributed by atoms with Crippen LogP contribution in [0.5, 0.6) is 11.5 Å². The summed E-state index contributed by atoms with van der Waals surface area (Å²) in [7, 11) is 0. The molecule has 0 atom stereocenters. The van der Waals surface area contributed by atoms with Gasteiger partial charge in [0.25, 0.3) is 0 Å². The van der Waals surface area contributed by atoms with Gasteiger partial charge in [-0.2, -0.15) is 5.26 Å². The van der Waals surface area contributed by atoms with E-state index in [0.29, 0.717) is 44.8 Å². The summed E-state index contributed by atoms with van der Waals surface area (Å²) in [5.74, 6) is -0.406. The molecule has 3 aromatic rings. The van der Waals surface area contributed by atoms with Crippen molar-refractivity contribution >= 4 is 33.5 Å². The Labute approximate surface area is 193 Å². The highest BCUT2D eigenvalue weighted by Gasteiger charge is 2.12. The van der Waals surface area contributed by atoms with Gasteiger partial charge in [0.05, 0.1) is 23.8 Å². The lowest BCUT2D eigenvalue weighted by Crippen LogP contribution is -2.01. The van der Waals surface area contributed by atoms with Crippen molar-refractivity contribution in [3.05, 3.63) is 93.2 Å². The highest BCUT2D eigenvalue weighted by molar-refractivity contribution is 9.10. The van der Waals surface area contributed by atoms with Crippen LogP contribution in [0.25, 0.3) is 11.6 Å². The van der Waals surface area contributed by atoms with Crippen molar-refractivity contribution in [3.63, 3.8) is 0 Å². The van der Waals surface area contributed by atoms with Crippen LogP contribution in [0.4, 0.5) is 4.39 Å². The fourth-order valence-corrected chi connectivity index (χ4v) is 3.40. The minimum atomic E-state index is -1.03. The molecule has 0 bridgehead atoms. The highest BCUT2D eigenvalue weighted by atomic mass is 79.9. The average Bonchev–Trinajstić information content (AvgIpc) is 2.78. The molecule has 32 heavy (non-hydrogen) atoms. The molecule has 0 heterocycles. The Kier molecular flexibility index (Phi) is 7.63. The van der Waals surface area contributed by atoms with E-state index in [1.165, 1.54) is 24.3 Å². The number of rotatable bonds is 8. The molecule has 162 valence electrons. The van der Waals surface area contributed by atoms with E-state index in [4.69, 9.17) is 14.6 Å². The van der Waals surface area contributed by atoms with Gasteiger partial charge in [0.1, 0.15) is 12.4 Å². The van der Waals surface area contributed by atoms with Gasteiger partial charge in [-0.3, -0.25) is 0 Å². The van der Waals surface area contributed by atoms with Crippen LogP contribution in [0.1, 0.15) is 34.0 Å². The lowest BCUT2D eigenvalue weighted by Gasteiger charge is -2.14. The molecular formula is C25H19BrFNO4. The molecule has 0 aliphatic heterocycles. The number of nitriles is 1. The van der Waals surface area contributed by atoms with E-state index in [1.807, 2.05) is 6.92 Å². The smallest absolute Gasteiger partial charge is 0.335 e. The number of benzene rings is 3. The number of hydrogen-bond acceptors (Lipinski definition) is 4. The summed E-state index contributed by atoms with van der Waals surface area (Å²) in [4.78, 5) is 11.0. The van der Waals surface area contributed by atoms with Crippen LogP contribution in [-0.2, 0) is 6.61 Å². The molecule has 0 unspecified atom stereocenters. The Morgan fingerprint density at radius 2 is 1.78 bits per heavy atom. The van der Waals surface area contributed by atoms with Crippen molar-refractivity contribution in [1.82, 2.24) is 0 Å². The third-order valence-corrected chi connectivity index (χ3v) is 5.20. The Balaban J connectivity index is 1.91. The van der Waals surface area contributed by atoms with Crippen LogP contribution in [0.15, 0.2) is 65.1 Å². The second-order valence-electron chi connectivity index (χ2n) is 6.72. The number of carboxylic acid groups (broad SMARTS) is 1.